The van der Waals surface area contributed by atoms with Gasteiger partial charge in [0.25, 0.3) is 5.91 Å². The van der Waals surface area contributed by atoms with Gasteiger partial charge in [-0.25, -0.2) is 0 Å². The summed E-state index contributed by atoms with van der Waals surface area (Å²) in [5.41, 5.74) is 6.11. The highest BCUT2D eigenvalue weighted by molar-refractivity contribution is 6.11. The Morgan fingerprint density at radius 2 is 2.04 bits per heavy atom. The van der Waals surface area contributed by atoms with E-state index in [4.69, 9.17) is 5.73 Å². The lowest BCUT2D eigenvalue weighted by Crippen LogP contribution is -2.64. The van der Waals surface area contributed by atoms with Crippen molar-refractivity contribution in [3.8, 4) is 0 Å². The summed E-state index contributed by atoms with van der Waals surface area (Å²) >= 11 is 0. The summed E-state index contributed by atoms with van der Waals surface area (Å²) in [5, 5.41) is 0. The Morgan fingerprint density at radius 3 is 2.74 bits per heavy atom. The standard InChI is InChI=1S/C20H26N4O3/c1-13-9-14(10-21)11-22(13)18(26)12-23-19(27)15-5-3-4-6-16(15)24-17(25)7-8-20(23,24)2/h3-6,13-14H,7-12,21H2,1-2H3. The molecule has 7 nitrogen and oxygen atoms in total. The van der Waals surface area contributed by atoms with E-state index in [1.807, 2.05) is 30.9 Å². The summed E-state index contributed by atoms with van der Waals surface area (Å²) in [4.78, 5) is 44.0. The van der Waals surface area contributed by atoms with Gasteiger partial charge in [-0.05, 0) is 51.3 Å². The van der Waals surface area contributed by atoms with Gasteiger partial charge in [0.15, 0.2) is 0 Å². The first-order valence-corrected chi connectivity index (χ1v) is 9.60. The average molecular weight is 370 g/mol. The number of benzene rings is 1. The maximum Gasteiger partial charge on any atom is 0.258 e. The maximum atomic E-state index is 13.2. The average Bonchev–Trinajstić information content (AvgIpc) is 3.18. The van der Waals surface area contributed by atoms with Gasteiger partial charge in [-0.1, -0.05) is 12.1 Å². The first kappa shape index (κ1) is 18.0. The topological polar surface area (TPSA) is 86.9 Å². The van der Waals surface area contributed by atoms with E-state index in [-0.39, 0.29) is 30.3 Å². The van der Waals surface area contributed by atoms with Crippen LogP contribution in [0, 0.1) is 5.92 Å². The zero-order chi connectivity index (χ0) is 19.3. The number of amides is 3. The van der Waals surface area contributed by atoms with Gasteiger partial charge in [-0.2, -0.15) is 0 Å². The highest BCUT2D eigenvalue weighted by Crippen LogP contribution is 2.44. The molecule has 0 bridgehead atoms. The van der Waals surface area contributed by atoms with Crippen LogP contribution in [0.25, 0.3) is 0 Å². The molecule has 144 valence electrons. The second kappa shape index (κ2) is 6.34. The van der Waals surface area contributed by atoms with Gasteiger partial charge in [-0.3, -0.25) is 19.3 Å². The van der Waals surface area contributed by atoms with E-state index in [1.165, 1.54) is 0 Å². The van der Waals surface area contributed by atoms with Crippen LogP contribution < -0.4 is 10.6 Å². The van der Waals surface area contributed by atoms with E-state index < -0.39 is 5.66 Å². The molecule has 27 heavy (non-hydrogen) atoms. The van der Waals surface area contributed by atoms with E-state index in [1.54, 1.807) is 21.9 Å². The van der Waals surface area contributed by atoms with Gasteiger partial charge >= 0.3 is 0 Å². The number of nitrogens with zero attached hydrogens (tertiary/aromatic N) is 3. The van der Waals surface area contributed by atoms with Crippen molar-refractivity contribution < 1.29 is 14.4 Å². The van der Waals surface area contributed by atoms with Crippen molar-refractivity contribution in [2.75, 3.05) is 24.5 Å². The number of para-hydroxylation sites is 1. The van der Waals surface area contributed by atoms with Crippen molar-refractivity contribution in [2.24, 2.45) is 11.7 Å². The van der Waals surface area contributed by atoms with Gasteiger partial charge in [-0.15, -0.1) is 0 Å². The minimum Gasteiger partial charge on any atom is -0.338 e. The number of hydrogen-bond acceptors (Lipinski definition) is 4. The van der Waals surface area contributed by atoms with Gasteiger partial charge < -0.3 is 15.5 Å². The van der Waals surface area contributed by atoms with Crippen molar-refractivity contribution in [2.45, 2.75) is 44.8 Å². The summed E-state index contributed by atoms with van der Waals surface area (Å²) < 4.78 is 0. The van der Waals surface area contributed by atoms with Crippen molar-refractivity contribution in [1.29, 1.82) is 0 Å². The molecule has 0 saturated carbocycles. The van der Waals surface area contributed by atoms with E-state index in [0.29, 0.717) is 43.1 Å². The molecule has 0 aliphatic carbocycles. The van der Waals surface area contributed by atoms with Crippen LogP contribution in [0.1, 0.15) is 43.5 Å². The molecule has 3 atom stereocenters. The Bertz CT molecular complexity index is 810. The summed E-state index contributed by atoms with van der Waals surface area (Å²) in [5.74, 6) is 0.0378. The number of rotatable bonds is 3. The van der Waals surface area contributed by atoms with E-state index >= 15 is 0 Å². The quantitative estimate of drug-likeness (QED) is 0.866. The molecule has 2 fully saturated rings. The molecule has 3 aliphatic rings. The van der Waals surface area contributed by atoms with Crippen LogP contribution in [0.15, 0.2) is 24.3 Å². The second-order valence-corrected chi connectivity index (χ2v) is 8.09. The van der Waals surface area contributed by atoms with Crippen LogP contribution in [0.2, 0.25) is 0 Å². The second-order valence-electron chi connectivity index (χ2n) is 8.09. The normalized spacial score (nSPS) is 30.0. The zero-order valence-corrected chi connectivity index (χ0v) is 15.9. The fraction of sp³-hybridized carbons (Fsp3) is 0.550. The molecule has 2 N–H and O–H groups in total. The van der Waals surface area contributed by atoms with Gasteiger partial charge in [0.05, 0.1) is 11.3 Å². The summed E-state index contributed by atoms with van der Waals surface area (Å²) in [6, 6.07) is 7.27. The fourth-order valence-electron chi connectivity index (χ4n) is 4.83. The number of likely N-dealkylation sites (tertiary alicyclic amines) is 1. The first-order chi connectivity index (χ1) is 12.9. The maximum absolute atomic E-state index is 13.2. The van der Waals surface area contributed by atoms with Gasteiger partial charge in [0.2, 0.25) is 11.8 Å². The number of carbonyl (C=O) groups excluding carboxylic acids is 3. The molecule has 4 rings (SSSR count). The molecule has 7 heteroatoms. The number of hydrogen-bond donors (Lipinski definition) is 1. The highest BCUT2D eigenvalue weighted by Gasteiger charge is 2.53. The molecule has 3 heterocycles. The SMILES string of the molecule is CC1CC(CN)CN1C(=O)CN1C(=O)c2ccccc2N2C(=O)CCC12C. The molecular formula is C20H26N4O3. The van der Waals surface area contributed by atoms with E-state index in [2.05, 4.69) is 0 Å². The Balaban J connectivity index is 1.66. The number of fused-ring (bicyclic) bond motifs is 3. The molecule has 2 saturated heterocycles. The molecule has 0 aromatic heterocycles. The first-order valence-electron chi connectivity index (χ1n) is 9.60. The van der Waals surface area contributed by atoms with Crippen molar-refractivity contribution >= 4 is 23.4 Å². The zero-order valence-electron chi connectivity index (χ0n) is 15.9. The molecule has 0 radical (unpaired) electrons. The van der Waals surface area contributed by atoms with Crippen molar-refractivity contribution in [3.63, 3.8) is 0 Å². The van der Waals surface area contributed by atoms with Crippen LogP contribution >= 0.6 is 0 Å². The van der Waals surface area contributed by atoms with Crippen LogP contribution in [0.5, 0.6) is 0 Å². The third-order valence-electron chi connectivity index (χ3n) is 6.35. The highest BCUT2D eigenvalue weighted by atomic mass is 16.2. The monoisotopic (exact) mass is 370 g/mol. The lowest BCUT2D eigenvalue weighted by atomic mass is 9.98. The number of nitrogens with two attached hydrogens (primary N) is 1. The predicted octanol–water partition coefficient (Wildman–Crippen LogP) is 1.18. The smallest absolute Gasteiger partial charge is 0.258 e. The van der Waals surface area contributed by atoms with Crippen LogP contribution in [0.4, 0.5) is 5.69 Å². The molecule has 3 aliphatic heterocycles. The Hall–Kier alpha value is -2.41. The van der Waals surface area contributed by atoms with Crippen molar-refractivity contribution in [3.05, 3.63) is 29.8 Å². The predicted molar refractivity (Wildman–Crippen MR) is 101 cm³/mol. The molecule has 1 aromatic carbocycles. The van der Waals surface area contributed by atoms with E-state index in [9.17, 15) is 14.4 Å². The largest absolute Gasteiger partial charge is 0.338 e. The van der Waals surface area contributed by atoms with Crippen LogP contribution in [-0.2, 0) is 9.59 Å². The van der Waals surface area contributed by atoms with Gasteiger partial charge in [0.1, 0.15) is 12.2 Å². The Morgan fingerprint density at radius 1 is 1.30 bits per heavy atom. The minimum absolute atomic E-state index is 0.00682. The van der Waals surface area contributed by atoms with Gasteiger partial charge in [0, 0.05) is 19.0 Å². The summed E-state index contributed by atoms with van der Waals surface area (Å²) in [7, 11) is 0. The molecule has 3 unspecified atom stereocenters. The summed E-state index contributed by atoms with van der Waals surface area (Å²) in [6.07, 6.45) is 1.79. The molecule has 3 amide bonds. The summed E-state index contributed by atoms with van der Waals surface area (Å²) in [6.45, 7) is 5.08. The Labute approximate surface area is 159 Å². The number of anilines is 1. The minimum atomic E-state index is -0.797. The molecule has 1 aromatic rings. The molecular weight excluding hydrogens is 344 g/mol. The number of carbonyl (C=O) groups is 3. The van der Waals surface area contributed by atoms with E-state index in [0.717, 1.165) is 6.42 Å². The lowest BCUT2D eigenvalue weighted by Gasteiger charge is -2.48. The third-order valence-corrected chi connectivity index (χ3v) is 6.35. The fourth-order valence-corrected chi connectivity index (χ4v) is 4.83. The van der Waals surface area contributed by atoms with Crippen molar-refractivity contribution in [1.82, 2.24) is 9.80 Å². The third kappa shape index (κ3) is 2.64. The molecule has 0 spiro atoms. The Kier molecular flexibility index (Phi) is 4.22. The van der Waals surface area contributed by atoms with Crippen LogP contribution in [0.3, 0.4) is 0 Å². The van der Waals surface area contributed by atoms with Crippen LogP contribution in [-0.4, -0.2) is 58.9 Å². The lowest BCUT2D eigenvalue weighted by molar-refractivity contribution is -0.134.